The van der Waals surface area contributed by atoms with Gasteiger partial charge in [0, 0.05) is 6.04 Å². The van der Waals surface area contributed by atoms with Gasteiger partial charge in [0.05, 0.1) is 0 Å². The molecule has 0 aliphatic heterocycles. The Labute approximate surface area is 94.0 Å². The van der Waals surface area contributed by atoms with Gasteiger partial charge in [-0.15, -0.1) is 5.10 Å². The van der Waals surface area contributed by atoms with Crippen LogP contribution >= 0.6 is 0 Å². The highest BCUT2D eigenvalue weighted by Gasteiger charge is 2.65. The standard InChI is InChI=1S/C10H17N5O/c1-9(2)7(10(9,3)4)13-6(16)5-12-8(11)15-14-5/h7H,1-4H3,(H,13,16)(H3,11,12,14,15). The number of nitrogens with two attached hydrogens (primary N) is 1. The van der Waals surface area contributed by atoms with Gasteiger partial charge >= 0.3 is 0 Å². The minimum atomic E-state index is -0.257. The summed E-state index contributed by atoms with van der Waals surface area (Å²) in [5, 5.41) is 9.05. The molecule has 1 aliphatic carbocycles. The number of aromatic nitrogens is 3. The number of carbonyl (C=O) groups is 1. The summed E-state index contributed by atoms with van der Waals surface area (Å²) < 4.78 is 0. The Morgan fingerprint density at radius 2 is 1.94 bits per heavy atom. The first-order valence-electron chi connectivity index (χ1n) is 5.25. The molecule has 1 amide bonds. The molecular weight excluding hydrogens is 206 g/mol. The molecule has 0 atom stereocenters. The summed E-state index contributed by atoms with van der Waals surface area (Å²) in [6, 6.07) is 0.152. The summed E-state index contributed by atoms with van der Waals surface area (Å²) in [6.45, 7) is 8.53. The average Bonchev–Trinajstić information content (AvgIpc) is 2.58. The summed E-state index contributed by atoms with van der Waals surface area (Å²) in [7, 11) is 0. The fourth-order valence-corrected chi connectivity index (χ4v) is 2.13. The maximum absolute atomic E-state index is 11.8. The first kappa shape index (κ1) is 10.9. The smallest absolute Gasteiger partial charge is 0.288 e. The lowest BCUT2D eigenvalue weighted by molar-refractivity contribution is 0.0933. The van der Waals surface area contributed by atoms with Crippen LogP contribution in [0, 0.1) is 10.8 Å². The van der Waals surface area contributed by atoms with E-state index in [0.29, 0.717) is 0 Å². The second-order valence-corrected chi connectivity index (χ2v) is 5.39. The predicted molar refractivity (Wildman–Crippen MR) is 59.6 cm³/mol. The van der Waals surface area contributed by atoms with Crippen LogP contribution in [0.4, 0.5) is 5.95 Å². The van der Waals surface area contributed by atoms with Gasteiger partial charge in [-0.25, -0.2) is 0 Å². The van der Waals surface area contributed by atoms with Crippen molar-refractivity contribution in [2.75, 3.05) is 5.73 Å². The maximum atomic E-state index is 11.8. The molecule has 1 aliphatic rings. The van der Waals surface area contributed by atoms with Crippen molar-refractivity contribution in [3.8, 4) is 0 Å². The highest BCUT2D eigenvalue weighted by molar-refractivity contribution is 5.91. The van der Waals surface area contributed by atoms with Gasteiger partial charge in [-0.05, 0) is 10.8 Å². The average molecular weight is 223 g/mol. The van der Waals surface area contributed by atoms with Gasteiger partial charge in [0.2, 0.25) is 11.8 Å². The van der Waals surface area contributed by atoms with E-state index in [0.717, 1.165) is 0 Å². The fraction of sp³-hybridized carbons (Fsp3) is 0.700. The number of H-pyrrole nitrogens is 1. The van der Waals surface area contributed by atoms with Crippen molar-refractivity contribution < 1.29 is 4.79 Å². The van der Waals surface area contributed by atoms with E-state index in [-0.39, 0.29) is 34.6 Å². The fourth-order valence-electron chi connectivity index (χ4n) is 2.13. The third-order valence-electron chi connectivity index (χ3n) is 4.01. The van der Waals surface area contributed by atoms with Crippen molar-refractivity contribution in [1.82, 2.24) is 20.5 Å². The van der Waals surface area contributed by atoms with Crippen molar-refractivity contribution in [2.45, 2.75) is 33.7 Å². The number of hydrogen-bond donors (Lipinski definition) is 3. The number of anilines is 1. The van der Waals surface area contributed by atoms with Crippen LogP contribution in [0.5, 0.6) is 0 Å². The van der Waals surface area contributed by atoms with E-state index >= 15 is 0 Å². The molecule has 88 valence electrons. The van der Waals surface area contributed by atoms with Crippen molar-refractivity contribution in [3.05, 3.63) is 5.82 Å². The van der Waals surface area contributed by atoms with Gasteiger partial charge in [0.25, 0.3) is 5.91 Å². The van der Waals surface area contributed by atoms with E-state index in [1.807, 2.05) is 0 Å². The van der Waals surface area contributed by atoms with E-state index < -0.39 is 0 Å². The zero-order valence-electron chi connectivity index (χ0n) is 9.96. The van der Waals surface area contributed by atoms with E-state index in [4.69, 9.17) is 5.73 Å². The van der Waals surface area contributed by atoms with Gasteiger partial charge in [0.15, 0.2) is 0 Å². The molecule has 0 unspecified atom stereocenters. The van der Waals surface area contributed by atoms with Crippen molar-refractivity contribution in [2.24, 2.45) is 10.8 Å². The van der Waals surface area contributed by atoms with Crippen LogP contribution in [0.15, 0.2) is 0 Å². The largest absolute Gasteiger partial charge is 0.366 e. The van der Waals surface area contributed by atoms with Gasteiger partial charge in [-0.2, -0.15) is 4.98 Å². The third-order valence-corrected chi connectivity index (χ3v) is 4.01. The van der Waals surface area contributed by atoms with Crippen LogP contribution in [-0.2, 0) is 0 Å². The number of nitrogens with one attached hydrogen (secondary N) is 2. The first-order chi connectivity index (χ1) is 7.26. The molecule has 1 fully saturated rings. The molecule has 1 heterocycles. The molecule has 0 bridgehead atoms. The summed E-state index contributed by atoms with van der Waals surface area (Å²) in [4.78, 5) is 15.6. The minimum absolute atomic E-state index is 0.0828. The summed E-state index contributed by atoms with van der Waals surface area (Å²) in [5.74, 6) is -0.0108. The third kappa shape index (κ3) is 1.36. The summed E-state index contributed by atoms with van der Waals surface area (Å²) in [6.07, 6.45) is 0. The van der Waals surface area contributed by atoms with E-state index in [1.54, 1.807) is 0 Å². The second-order valence-electron chi connectivity index (χ2n) is 5.39. The lowest BCUT2D eigenvalue weighted by Gasteiger charge is -2.03. The van der Waals surface area contributed by atoms with Crippen molar-refractivity contribution >= 4 is 11.9 Å². The molecule has 16 heavy (non-hydrogen) atoms. The van der Waals surface area contributed by atoms with Crippen molar-refractivity contribution in [3.63, 3.8) is 0 Å². The van der Waals surface area contributed by atoms with Crippen LogP contribution in [0.1, 0.15) is 38.3 Å². The topological polar surface area (TPSA) is 96.7 Å². The molecule has 6 nitrogen and oxygen atoms in total. The molecule has 0 saturated heterocycles. The van der Waals surface area contributed by atoms with Crippen LogP contribution in [0.25, 0.3) is 0 Å². The number of nitrogen functional groups attached to an aromatic ring is 1. The Morgan fingerprint density at radius 3 is 2.31 bits per heavy atom. The number of aromatic amines is 1. The molecule has 2 rings (SSSR count). The molecule has 0 radical (unpaired) electrons. The Bertz CT molecular complexity index is 420. The number of amides is 1. The van der Waals surface area contributed by atoms with Crippen LogP contribution < -0.4 is 11.1 Å². The van der Waals surface area contributed by atoms with Gasteiger partial charge in [-0.3, -0.25) is 9.89 Å². The van der Waals surface area contributed by atoms with E-state index in [2.05, 4.69) is 48.2 Å². The van der Waals surface area contributed by atoms with Crippen LogP contribution in [0.2, 0.25) is 0 Å². The molecule has 1 aromatic rings. The van der Waals surface area contributed by atoms with E-state index in [1.165, 1.54) is 0 Å². The Balaban J connectivity index is 2.06. The molecule has 4 N–H and O–H groups in total. The Morgan fingerprint density at radius 1 is 1.38 bits per heavy atom. The molecular formula is C10H17N5O. The number of nitrogens with zero attached hydrogens (tertiary/aromatic N) is 2. The number of carbonyl (C=O) groups excluding carboxylic acids is 1. The predicted octanol–water partition coefficient (Wildman–Crippen LogP) is 0.551. The SMILES string of the molecule is CC1(C)C(NC(=O)c2nc(N)n[nH]2)C1(C)C. The molecule has 0 aromatic carbocycles. The highest BCUT2D eigenvalue weighted by Crippen LogP contribution is 2.62. The molecule has 6 heteroatoms. The number of rotatable bonds is 2. The monoisotopic (exact) mass is 223 g/mol. The Kier molecular flexibility index (Phi) is 2.02. The number of hydrogen-bond acceptors (Lipinski definition) is 4. The molecule has 1 aromatic heterocycles. The molecule has 0 spiro atoms. The molecule has 1 saturated carbocycles. The summed E-state index contributed by atoms with van der Waals surface area (Å²) in [5.41, 5.74) is 5.55. The zero-order chi connectivity index (χ0) is 12.1. The quantitative estimate of drug-likeness (QED) is 0.682. The van der Waals surface area contributed by atoms with Crippen molar-refractivity contribution in [1.29, 1.82) is 0 Å². The second kappa shape index (κ2) is 2.96. The van der Waals surface area contributed by atoms with Gasteiger partial charge in [0.1, 0.15) is 0 Å². The highest BCUT2D eigenvalue weighted by atomic mass is 16.2. The Hall–Kier alpha value is -1.59. The van der Waals surface area contributed by atoms with Crippen LogP contribution in [-0.4, -0.2) is 27.1 Å². The van der Waals surface area contributed by atoms with Gasteiger partial charge < -0.3 is 11.1 Å². The van der Waals surface area contributed by atoms with Gasteiger partial charge in [-0.1, -0.05) is 27.7 Å². The normalized spacial score (nSPS) is 21.8. The maximum Gasteiger partial charge on any atom is 0.288 e. The summed E-state index contributed by atoms with van der Waals surface area (Å²) >= 11 is 0. The first-order valence-corrected chi connectivity index (χ1v) is 5.25. The lowest BCUT2D eigenvalue weighted by Crippen LogP contribution is -2.30. The zero-order valence-corrected chi connectivity index (χ0v) is 9.96. The van der Waals surface area contributed by atoms with Crippen LogP contribution in [0.3, 0.4) is 0 Å². The van der Waals surface area contributed by atoms with E-state index in [9.17, 15) is 4.79 Å². The minimum Gasteiger partial charge on any atom is -0.366 e. The lowest BCUT2D eigenvalue weighted by atomic mass is 10.0.